The van der Waals surface area contributed by atoms with Gasteiger partial charge in [-0.2, -0.15) is 0 Å². The van der Waals surface area contributed by atoms with Crippen LogP contribution in [0.15, 0.2) is 47.8 Å². The molecule has 0 aliphatic rings. The van der Waals surface area contributed by atoms with Crippen LogP contribution in [0.2, 0.25) is 0 Å². The molecule has 2 nitrogen and oxygen atoms in total. The predicted molar refractivity (Wildman–Crippen MR) is 87.0 cm³/mol. The lowest BCUT2D eigenvalue weighted by molar-refractivity contribution is 0.587. The molecule has 0 aliphatic carbocycles. The maximum absolute atomic E-state index is 4.76. The fraction of sp³-hybridized carbons (Fsp3) is 0.235. The molecular formula is C17H18N2S. The zero-order valence-electron chi connectivity index (χ0n) is 11.8. The molecule has 2 aromatic carbocycles. The zero-order chi connectivity index (χ0) is 13.9. The number of rotatable bonds is 4. The maximum atomic E-state index is 4.76. The highest BCUT2D eigenvalue weighted by atomic mass is 32.1. The zero-order valence-corrected chi connectivity index (χ0v) is 12.6. The van der Waals surface area contributed by atoms with Gasteiger partial charge in [0, 0.05) is 23.5 Å². The van der Waals surface area contributed by atoms with Crippen LogP contribution in [-0.4, -0.2) is 11.0 Å². The van der Waals surface area contributed by atoms with E-state index in [1.54, 1.807) is 11.3 Å². The third-order valence-corrected chi connectivity index (χ3v) is 4.13. The fourth-order valence-electron chi connectivity index (χ4n) is 2.26. The summed E-state index contributed by atoms with van der Waals surface area (Å²) in [6.07, 6.45) is 0. The van der Waals surface area contributed by atoms with Gasteiger partial charge in [0.1, 0.15) is 5.01 Å². The van der Waals surface area contributed by atoms with E-state index in [0.717, 1.165) is 17.2 Å². The summed E-state index contributed by atoms with van der Waals surface area (Å²) in [5.74, 6) is 0. The van der Waals surface area contributed by atoms with Gasteiger partial charge in [-0.3, -0.25) is 0 Å². The number of benzene rings is 2. The normalized spacial score (nSPS) is 11.3. The molecule has 0 fully saturated rings. The van der Waals surface area contributed by atoms with Gasteiger partial charge in [-0.25, -0.2) is 4.98 Å². The third-order valence-electron chi connectivity index (χ3n) is 3.28. The molecule has 0 unspecified atom stereocenters. The Bertz CT molecular complexity index is 710. The first-order valence-electron chi connectivity index (χ1n) is 6.90. The third kappa shape index (κ3) is 2.74. The van der Waals surface area contributed by atoms with Crippen LogP contribution in [0.3, 0.4) is 0 Å². The molecule has 3 heteroatoms. The lowest BCUT2D eigenvalue weighted by Gasteiger charge is -2.05. The Labute approximate surface area is 123 Å². The van der Waals surface area contributed by atoms with Crippen molar-refractivity contribution in [3.8, 4) is 11.3 Å². The van der Waals surface area contributed by atoms with Gasteiger partial charge in [0.25, 0.3) is 0 Å². The first-order valence-corrected chi connectivity index (χ1v) is 7.78. The molecule has 1 heterocycles. The molecule has 0 bridgehead atoms. The van der Waals surface area contributed by atoms with E-state index >= 15 is 0 Å². The topological polar surface area (TPSA) is 24.9 Å². The number of fused-ring (bicyclic) bond motifs is 1. The summed E-state index contributed by atoms with van der Waals surface area (Å²) >= 11 is 1.72. The van der Waals surface area contributed by atoms with Crippen LogP contribution in [0.25, 0.3) is 22.0 Å². The summed E-state index contributed by atoms with van der Waals surface area (Å²) in [6, 6.07) is 15.3. The lowest BCUT2D eigenvalue weighted by Crippen LogP contribution is -2.21. The van der Waals surface area contributed by atoms with Gasteiger partial charge < -0.3 is 5.32 Å². The molecule has 3 rings (SSSR count). The monoisotopic (exact) mass is 282 g/mol. The molecule has 0 atom stereocenters. The van der Waals surface area contributed by atoms with Crippen LogP contribution in [0.4, 0.5) is 0 Å². The summed E-state index contributed by atoms with van der Waals surface area (Å²) in [7, 11) is 0. The van der Waals surface area contributed by atoms with Crippen molar-refractivity contribution in [2.24, 2.45) is 0 Å². The highest BCUT2D eigenvalue weighted by Gasteiger charge is 2.08. The molecule has 0 saturated heterocycles. The molecule has 1 aromatic heterocycles. The van der Waals surface area contributed by atoms with Crippen LogP contribution >= 0.6 is 11.3 Å². The van der Waals surface area contributed by atoms with E-state index < -0.39 is 0 Å². The minimum atomic E-state index is 0.486. The van der Waals surface area contributed by atoms with E-state index in [4.69, 9.17) is 4.98 Å². The number of nitrogens with one attached hydrogen (secondary N) is 1. The Morgan fingerprint density at radius 2 is 1.90 bits per heavy atom. The van der Waals surface area contributed by atoms with Crippen LogP contribution < -0.4 is 5.32 Å². The largest absolute Gasteiger partial charge is 0.308 e. The molecule has 102 valence electrons. The summed E-state index contributed by atoms with van der Waals surface area (Å²) in [5, 5.41) is 9.23. The Kier molecular flexibility index (Phi) is 3.81. The van der Waals surface area contributed by atoms with Gasteiger partial charge in [-0.15, -0.1) is 11.3 Å². The van der Waals surface area contributed by atoms with Crippen molar-refractivity contribution in [1.82, 2.24) is 10.3 Å². The molecule has 0 radical (unpaired) electrons. The van der Waals surface area contributed by atoms with E-state index in [0.29, 0.717) is 6.04 Å². The summed E-state index contributed by atoms with van der Waals surface area (Å²) in [4.78, 5) is 4.76. The average molecular weight is 282 g/mol. The van der Waals surface area contributed by atoms with Gasteiger partial charge >= 0.3 is 0 Å². The highest BCUT2D eigenvalue weighted by molar-refractivity contribution is 7.09. The number of aromatic nitrogens is 1. The lowest BCUT2D eigenvalue weighted by atomic mass is 10.0. The van der Waals surface area contributed by atoms with E-state index in [-0.39, 0.29) is 0 Å². The second-order valence-corrected chi connectivity index (χ2v) is 6.13. The van der Waals surface area contributed by atoms with Crippen molar-refractivity contribution >= 4 is 22.1 Å². The van der Waals surface area contributed by atoms with Crippen molar-refractivity contribution in [3.05, 3.63) is 52.9 Å². The average Bonchev–Trinajstić information content (AvgIpc) is 2.93. The van der Waals surface area contributed by atoms with Gasteiger partial charge in [0.15, 0.2) is 0 Å². The second kappa shape index (κ2) is 5.73. The van der Waals surface area contributed by atoms with Crippen LogP contribution in [0, 0.1) is 0 Å². The van der Waals surface area contributed by atoms with Crippen molar-refractivity contribution in [2.75, 3.05) is 0 Å². The first kappa shape index (κ1) is 13.3. The summed E-state index contributed by atoms with van der Waals surface area (Å²) in [5.41, 5.74) is 2.29. The highest BCUT2D eigenvalue weighted by Crippen LogP contribution is 2.29. The predicted octanol–water partition coefficient (Wildman–Crippen LogP) is 4.46. The van der Waals surface area contributed by atoms with Crippen LogP contribution in [-0.2, 0) is 6.54 Å². The molecule has 1 N–H and O–H groups in total. The summed E-state index contributed by atoms with van der Waals surface area (Å²) in [6.45, 7) is 5.14. The number of thiazole rings is 1. The van der Waals surface area contributed by atoms with Gasteiger partial charge in [-0.05, 0) is 10.8 Å². The Morgan fingerprint density at radius 1 is 1.10 bits per heavy atom. The maximum Gasteiger partial charge on any atom is 0.107 e. The Morgan fingerprint density at radius 3 is 2.75 bits per heavy atom. The second-order valence-electron chi connectivity index (χ2n) is 5.19. The molecule has 0 spiro atoms. The van der Waals surface area contributed by atoms with E-state index in [1.165, 1.54) is 16.3 Å². The summed E-state index contributed by atoms with van der Waals surface area (Å²) < 4.78 is 0. The van der Waals surface area contributed by atoms with Crippen LogP contribution in [0.5, 0.6) is 0 Å². The van der Waals surface area contributed by atoms with Crippen molar-refractivity contribution in [3.63, 3.8) is 0 Å². The minimum absolute atomic E-state index is 0.486. The minimum Gasteiger partial charge on any atom is -0.308 e. The molecule has 3 aromatic rings. The molecule has 0 amide bonds. The number of hydrogen-bond donors (Lipinski definition) is 1. The number of hydrogen-bond acceptors (Lipinski definition) is 3. The molecule has 0 aliphatic heterocycles. The molecule has 20 heavy (non-hydrogen) atoms. The standard InChI is InChI=1S/C17H18N2S/c1-12(2)18-10-17-19-16(11-20-17)15-9-5-7-13-6-3-4-8-14(13)15/h3-9,11-12,18H,10H2,1-2H3. The van der Waals surface area contributed by atoms with Crippen molar-refractivity contribution < 1.29 is 0 Å². The number of nitrogens with zero attached hydrogens (tertiary/aromatic N) is 1. The van der Waals surface area contributed by atoms with Gasteiger partial charge in [0.05, 0.1) is 5.69 Å². The Balaban J connectivity index is 1.95. The van der Waals surface area contributed by atoms with Gasteiger partial charge in [0.2, 0.25) is 0 Å². The molecule has 0 saturated carbocycles. The first-order chi connectivity index (χ1) is 9.74. The fourth-order valence-corrected chi connectivity index (χ4v) is 3.00. The van der Waals surface area contributed by atoms with Crippen molar-refractivity contribution in [1.29, 1.82) is 0 Å². The smallest absolute Gasteiger partial charge is 0.107 e. The van der Waals surface area contributed by atoms with E-state index in [1.807, 2.05) is 0 Å². The van der Waals surface area contributed by atoms with Crippen LogP contribution in [0.1, 0.15) is 18.9 Å². The quantitative estimate of drug-likeness (QED) is 0.764. The molecular weight excluding hydrogens is 264 g/mol. The van der Waals surface area contributed by atoms with E-state index in [2.05, 4.69) is 67.0 Å². The van der Waals surface area contributed by atoms with E-state index in [9.17, 15) is 0 Å². The SMILES string of the molecule is CC(C)NCc1nc(-c2cccc3ccccc23)cs1. The van der Waals surface area contributed by atoms with Gasteiger partial charge in [-0.1, -0.05) is 56.3 Å². The Hall–Kier alpha value is -1.71. The van der Waals surface area contributed by atoms with Crippen molar-refractivity contribution in [2.45, 2.75) is 26.4 Å².